The number of ether oxygens (including phenoxy) is 1. The van der Waals surface area contributed by atoms with Crippen LogP contribution in [0.15, 0.2) is 24.3 Å². The Labute approximate surface area is 140 Å². The van der Waals surface area contributed by atoms with E-state index in [9.17, 15) is 0 Å². The molecule has 4 heteroatoms. The van der Waals surface area contributed by atoms with Crippen LogP contribution < -0.4 is 10.1 Å². The van der Waals surface area contributed by atoms with Gasteiger partial charge in [0.25, 0.3) is 0 Å². The Kier molecular flexibility index (Phi) is 7.00. The Morgan fingerprint density at radius 1 is 1.18 bits per heavy atom. The van der Waals surface area contributed by atoms with Gasteiger partial charge in [-0.25, -0.2) is 0 Å². The topological polar surface area (TPSA) is 24.5 Å². The van der Waals surface area contributed by atoms with Crippen LogP contribution in [0.5, 0.6) is 5.75 Å². The average Bonchev–Trinajstić information content (AvgIpc) is 2.96. The van der Waals surface area contributed by atoms with E-state index in [1.54, 1.807) is 7.11 Å². The normalized spacial score (nSPS) is 23.2. The number of nitrogens with one attached hydrogen (secondary N) is 1. The number of piperidine rings is 1. The molecule has 1 N–H and O–H groups in total. The summed E-state index contributed by atoms with van der Waals surface area (Å²) in [5.41, 5.74) is 1.36. The second-order valence-corrected chi connectivity index (χ2v) is 6.50. The van der Waals surface area contributed by atoms with Gasteiger partial charge in [0.1, 0.15) is 5.75 Å². The van der Waals surface area contributed by atoms with E-state index in [1.807, 2.05) is 0 Å². The zero-order chi connectivity index (χ0) is 14.5. The van der Waals surface area contributed by atoms with Gasteiger partial charge in [-0.05, 0) is 69.3 Å². The molecule has 2 heterocycles. The molecule has 2 aliphatic heterocycles. The standard InChI is InChI=1S/C18H28N2O.ClH/c1-21-18-7-3-2-5-16(18)13-17-6-4-12-20(17)14-15-8-10-19-11-9-15;/h2-3,5,7,15,17,19H,4,6,8-14H2,1H3;1H. The summed E-state index contributed by atoms with van der Waals surface area (Å²) in [5, 5.41) is 3.47. The third-order valence-electron chi connectivity index (χ3n) is 5.10. The highest BCUT2D eigenvalue weighted by molar-refractivity contribution is 5.85. The summed E-state index contributed by atoms with van der Waals surface area (Å²) < 4.78 is 5.51. The van der Waals surface area contributed by atoms with E-state index in [0.717, 1.165) is 18.1 Å². The lowest BCUT2D eigenvalue weighted by atomic mass is 9.96. The maximum atomic E-state index is 5.51. The van der Waals surface area contributed by atoms with Gasteiger partial charge < -0.3 is 10.1 Å². The van der Waals surface area contributed by atoms with Crippen LogP contribution in [0.25, 0.3) is 0 Å². The first-order valence-electron chi connectivity index (χ1n) is 8.43. The van der Waals surface area contributed by atoms with Crippen molar-refractivity contribution in [3.05, 3.63) is 29.8 Å². The molecule has 0 aliphatic carbocycles. The molecule has 2 fully saturated rings. The maximum Gasteiger partial charge on any atom is 0.122 e. The first-order chi connectivity index (χ1) is 10.4. The van der Waals surface area contributed by atoms with Crippen LogP contribution in [0.4, 0.5) is 0 Å². The molecule has 3 rings (SSSR count). The van der Waals surface area contributed by atoms with E-state index in [2.05, 4.69) is 34.5 Å². The largest absolute Gasteiger partial charge is 0.496 e. The number of methoxy groups -OCH3 is 1. The molecule has 0 aromatic heterocycles. The van der Waals surface area contributed by atoms with Crippen LogP contribution in [0.2, 0.25) is 0 Å². The molecule has 3 nitrogen and oxygen atoms in total. The van der Waals surface area contributed by atoms with Crippen LogP contribution in [-0.2, 0) is 6.42 Å². The predicted molar refractivity (Wildman–Crippen MR) is 94.1 cm³/mol. The van der Waals surface area contributed by atoms with Crippen molar-refractivity contribution in [3.63, 3.8) is 0 Å². The van der Waals surface area contributed by atoms with Gasteiger partial charge in [-0.15, -0.1) is 12.4 Å². The first-order valence-corrected chi connectivity index (χ1v) is 8.43. The molecule has 0 amide bonds. The molecule has 1 atom stereocenters. The van der Waals surface area contributed by atoms with Gasteiger partial charge in [0.15, 0.2) is 0 Å². The lowest BCUT2D eigenvalue weighted by Crippen LogP contribution is -2.39. The number of benzene rings is 1. The highest BCUT2D eigenvalue weighted by Gasteiger charge is 2.28. The third kappa shape index (κ3) is 4.37. The minimum absolute atomic E-state index is 0. The molecule has 124 valence electrons. The number of hydrogen-bond donors (Lipinski definition) is 1. The lowest BCUT2D eigenvalue weighted by molar-refractivity contribution is 0.190. The smallest absolute Gasteiger partial charge is 0.122 e. The molecular formula is C18H29ClN2O. The number of halogens is 1. The average molecular weight is 325 g/mol. The number of rotatable bonds is 5. The molecule has 0 bridgehead atoms. The minimum Gasteiger partial charge on any atom is -0.496 e. The van der Waals surface area contributed by atoms with Crippen molar-refractivity contribution in [2.45, 2.75) is 38.1 Å². The van der Waals surface area contributed by atoms with Crippen molar-refractivity contribution < 1.29 is 4.74 Å². The van der Waals surface area contributed by atoms with Gasteiger partial charge in [0, 0.05) is 12.6 Å². The Bertz CT molecular complexity index is 448. The quantitative estimate of drug-likeness (QED) is 0.900. The Morgan fingerprint density at radius 3 is 2.73 bits per heavy atom. The van der Waals surface area contributed by atoms with Crippen LogP contribution >= 0.6 is 12.4 Å². The molecule has 2 aliphatic rings. The fourth-order valence-corrected chi connectivity index (χ4v) is 3.89. The molecule has 0 radical (unpaired) electrons. The number of para-hydroxylation sites is 1. The third-order valence-corrected chi connectivity index (χ3v) is 5.10. The molecule has 0 saturated carbocycles. The van der Waals surface area contributed by atoms with Gasteiger partial charge in [0.05, 0.1) is 7.11 Å². The van der Waals surface area contributed by atoms with E-state index < -0.39 is 0 Å². The van der Waals surface area contributed by atoms with Crippen molar-refractivity contribution in [2.24, 2.45) is 5.92 Å². The Hall–Kier alpha value is -0.770. The van der Waals surface area contributed by atoms with E-state index in [0.29, 0.717) is 6.04 Å². The van der Waals surface area contributed by atoms with Crippen molar-refractivity contribution in [1.82, 2.24) is 10.2 Å². The monoisotopic (exact) mass is 324 g/mol. The first kappa shape index (κ1) is 17.6. The summed E-state index contributed by atoms with van der Waals surface area (Å²) >= 11 is 0. The van der Waals surface area contributed by atoms with Crippen molar-refractivity contribution in [1.29, 1.82) is 0 Å². The fraction of sp³-hybridized carbons (Fsp3) is 0.667. The minimum atomic E-state index is 0. The zero-order valence-electron chi connectivity index (χ0n) is 13.6. The molecule has 0 spiro atoms. The molecule has 1 unspecified atom stereocenters. The van der Waals surface area contributed by atoms with Crippen LogP contribution in [0, 0.1) is 5.92 Å². The van der Waals surface area contributed by atoms with Gasteiger partial charge in [-0.3, -0.25) is 4.90 Å². The molecule has 22 heavy (non-hydrogen) atoms. The Balaban J connectivity index is 0.00000176. The van der Waals surface area contributed by atoms with Crippen molar-refractivity contribution in [3.8, 4) is 5.75 Å². The second kappa shape index (κ2) is 8.76. The van der Waals surface area contributed by atoms with E-state index in [-0.39, 0.29) is 12.4 Å². The number of nitrogens with zero attached hydrogens (tertiary/aromatic N) is 1. The summed E-state index contributed by atoms with van der Waals surface area (Å²) in [6.07, 6.45) is 6.51. The van der Waals surface area contributed by atoms with Gasteiger partial charge in [-0.2, -0.15) is 0 Å². The van der Waals surface area contributed by atoms with Gasteiger partial charge in [-0.1, -0.05) is 18.2 Å². The van der Waals surface area contributed by atoms with Crippen LogP contribution in [0.3, 0.4) is 0 Å². The summed E-state index contributed by atoms with van der Waals surface area (Å²) in [4.78, 5) is 2.74. The summed E-state index contributed by atoms with van der Waals surface area (Å²) in [5.74, 6) is 1.94. The Morgan fingerprint density at radius 2 is 1.95 bits per heavy atom. The van der Waals surface area contributed by atoms with Crippen LogP contribution in [-0.4, -0.2) is 44.2 Å². The number of likely N-dealkylation sites (tertiary alicyclic amines) is 1. The summed E-state index contributed by atoms with van der Waals surface area (Å²) in [6, 6.07) is 9.20. The van der Waals surface area contributed by atoms with Crippen molar-refractivity contribution >= 4 is 12.4 Å². The van der Waals surface area contributed by atoms with E-state index >= 15 is 0 Å². The molecule has 1 aromatic carbocycles. The highest BCUT2D eigenvalue weighted by Crippen LogP contribution is 2.27. The number of hydrogen-bond acceptors (Lipinski definition) is 3. The maximum absolute atomic E-state index is 5.51. The molecular weight excluding hydrogens is 296 g/mol. The lowest BCUT2D eigenvalue weighted by Gasteiger charge is -2.31. The van der Waals surface area contributed by atoms with E-state index in [4.69, 9.17) is 4.74 Å². The second-order valence-electron chi connectivity index (χ2n) is 6.50. The summed E-state index contributed by atoms with van der Waals surface area (Å²) in [7, 11) is 1.78. The summed E-state index contributed by atoms with van der Waals surface area (Å²) in [6.45, 7) is 4.98. The highest BCUT2D eigenvalue weighted by atomic mass is 35.5. The predicted octanol–water partition coefficient (Wildman–Crippen LogP) is 3.12. The van der Waals surface area contributed by atoms with Crippen LogP contribution in [0.1, 0.15) is 31.2 Å². The molecule has 1 aromatic rings. The fourth-order valence-electron chi connectivity index (χ4n) is 3.89. The SMILES string of the molecule is COc1ccccc1CC1CCCN1CC1CCNCC1.Cl. The van der Waals surface area contributed by atoms with Gasteiger partial charge >= 0.3 is 0 Å². The zero-order valence-corrected chi connectivity index (χ0v) is 14.4. The molecule has 2 saturated heterocycles. The van der Waals surface area contributed by atoms with Gasteiger partial charge in [0.2, 0.25) is 0 Å². The van der Waals surface area contributed by atoms with Crippen molar-refractivity contribution in [2.75, 3.05) is 33.3 Å². The van der Waals surface area contributed by atoms with E-state index in [1.165, 1.54) is 57.4 Å².